The van der Waals surface area contributed by atoms with Gasteiger partial charge >= 0.3 is 0 Å². The topological polar surface area (TPSA) is 0 Å². The van der Waals surface area contributed by atoms with E-state index in [0.717, 1.165) is 0 Å². The normalized spacial score (nSPS) is 8.40. The lowest BCUT2D eigenvalue weighted by atomic mass is 10.4. The lowest BCUT2D eigenvalue weighted by Crippen LogP contribution is -1.71. The molecule has 0 saturated heterocycles. The number of rotatable bonds is 4. The summed E-state index contributed by atoms with van der Waals surface area (Å²) in [5.74, 6) is 2.60. The van der Waals surface area contributed by atoms with Crippen LogP contribution in [0.25, 0.3) is 0 Å². The van der Waals surface area contributed by atoms with E-state index in [4.69, 9.17) is 0 Å². The Bertz CT molecular complexity index is 29.7. The van der Waals surface area contributed by atoms with Crippen LogP contribution in [0.15, 0.2) is 0 Å². The van der Waals surface area contributed by atoms with Crippen molar-refractivity contribution in [1.82, 2.24) is 0 Å². The molecule has 0 aromatic carbocycles. The Labute approximate surface area is 70.8 Å². The lowest BCUT2D eigenvalue weighted by molar-refractivity contribution is 0.886. The van der Waals surface area contributed by atoms with E-state index < -0.39 is 0 Å². The summed E-state index contributed by atoms with van der Waals surface area (Å²) in [6.45, 7) is 8.77. The predicted molar refractivity (Wildman–Crippen MR) is 53.9 cm³/mol. The largest absolute Gasteiger partial charge is 0.162 e. The van der Waals surface area contributed by atoms with Crippen LogP contribution in [0.3, 0.4) is 0 Å². The van der Waals surface area contributed by atoms with Crippen LogP contribution < -0.4 is 0 Å². The molecule has 0 aliphatic carbocycles. The van der Waals surface area contributed by atoms with Crippen LogP contribution in [0.5, 0.6) is 0 Å². The Balaban J connectivity index is 0. The maximum Gasteiger partial charge on any atom is -0.00703 e. The smallest absolute Gasteiger partial charge is 0.00703 e. The lowest BCUT2D eigenvalue weighted by Gasteiger charge is -1.87. The molecule has 0 unspecified atom stereocenters. The second-order valence-corrected chi connectivity index (χ2v) is 3.59. The molecule has 0 fully saturated rings. The van der Waals surface area contributed by atoms with Crippen LogP contribution in [0, 0.1) is 0 Å². The van der Waals surface area contributed by atoms with Crippen molar-refractivity contribution in [1.29, 1.82) is 0 Å². The summed E-state index contributed by atoms with van der Waals surface area (Å²) < 4.78 is 0. The van der Waals surface area contributed by atoms with E-state index in [9.17, 15) is 0 Å². The zero-order chi connectivity index (χ0) is 8.24. The first-order chi connectivity index (χ1) is 4.83. The van der Waals surface area contributed by atoms with Gasteiger partial charge in [-0.2, -0.15) is 11.8 Å². The van der Waals surface area contributed by atoms with Crippen molar-refractivity contribution in [2.75, 3.05) is 11.5 Å². The molecule has 0 N–H and O–H groups in total. The summed E-state index contributed by atoms with van der Waals surface area (Å²) in [7, 11) is 0. The molecule has 0 aromatic rings. The third-order valence-corrected chi connectivity index (χ3v) is 2.16. The Morgan fingerprint density at radius 1 is 0.800 bits per heavy atom. The maximum absolute atomic E-state index is 2.21. The molecule has 0 atom stereocenters. The van der Waals surface area contributed by atoms with Crippen LogP contribution in [0.2, 0.25) is 0 Å². The third-order valence-electron chi connectivity index (χ3n) is 1.05. The summed E-state index contributed by atoms with van der Waals surface area (Å²) in [6, 6.07) is 0. The van der Waals surface area contributed by atoms with E-state index in [2.05, 4.69) is 27.7 Å². The monoisotopic (exact) mass is 162 g/mol. The molecule has 0 aliphatic rings. The summed E-state index contributed by atoms with van der Waals surface area (Å²) in [6.07, 6.45) is 3.96. The summed E-state index contributed by atoms with van der Waals surface area (Å²) in [5, 5.41) is 0. The van der Waals surface area contributed by atoms with Crippen LogP contribution in [-0.2, 0) is 0 Å². The number of hydrogen-bond donors (Lipinski definition) is 0. The van der Waals surface area contributed by atoms with Gasteiger partial charge in [0.15, 0.2) is 0 Å². The van der Waals surface area contributed by atoms with E-state index in [-0.39, 0.29) is 0 Å². The van der Waals surface area contributed by atoms with Crippen molar-refractivity contribution in [3.8, 4) is 0 Å². The molecule has 0 amide bonds. The molecule has 0 saturated carbocycles. The van der Waals surface area contributed by atoms with E-state index in [1.54, 1.807) is 0 Å². The SMILES string of the molecule is CCCC.CCCSCC. The van der Waals surface area contributed by atoms with Gasteiger partial charge in [0.25, 0.3) is 0 Å². The Morgan fingerprint density at radius 2 is 1.30 bits per heavy atom. The zero-order valence-corrected chi connectivity index (χ0v) is 8.76. The van der Waals surface area contributed by atoms with Crippen molar-refractivity contribution in [2.24, 2.45) is 0 Å². The van der Waals surface area contributed by atoms with Gasteiger partial charge < -0.3 is 0 Å². The molecular formula is C9H22S. The highest BCUT2D eigenvalue weighted by atomic mass is 32.2. The van der Waals surface area contributed by atoms with Crippen molar-refractivity contribution in [3.63, 3.8) is 0 Å². The van der Waals surface area contributed by atoms with Gasteiger partial charge in [0.05, 0.1) is 0 Å². The van der Waals surface area contributed by atoms with Gasteiger partial charge in [-0.15, -0.1) is 0 Å². The minimum Gasteiger partial charge on any atom is -0.162 e. The van der Waals surface area contributed by atoms with E-state index >= 15 is 0 Å². The van der Waals surface area contributed by atoms with E-state index in [1.165, 1.54) is 30.8 Å². The Hall–Kier alpha value is 0.350. The van der Waals surface area contributed by atoms with Gasteiger partial charge in [0, 0.05) is 0 Å². The van der Waals surface area contributed by atoms with Gasteiger partial charge in [0.1, 0.15) is 0 Å². The fourth-order valence-corrected chi connectivity index (χ4v) is 0.866. The molecule has 0 spiro atoms. The fraction of sp³-hybridized carbons (Fsp3) is 1.00. The molecular weight excluding hydrogens is 140 g/mol. The molecule has 0 rings (SSSR count). The number of hydrogen-bond acceptors (Lipinski definition) is 1. The first-order valence-corrected chi connectivity index (χ1v) is 5.56. The minimum absolute atomic E-state index is 1.27. The molecule has 0 radical (unpaired) electrons. The number of thioether (sulfide) groups is 1. The Morgan fingerprint density at radius 3 is 1.40 bits per heavy atom. The van der Waals surface area contributed by atoms with Crippen LogP contribution in [0.4, 0.5) is 0 Å². The first kappa shape index (κ1) is 13.0. The van der Waals surface area contributed by atoms with E-state index in [0.29, 0.717) is 0 Å². The van der Waals surface area contributed by atoms with E-state index in [1.807, 2.05) is 11.8 Å². The Kier molecular flexibility index (Phi) is 21.0. The van der Waals surface area contributed by atoms with Crippen LogP contribution in [0.1, 0.15) is 47.0 Å². The summed E-state index contributed by atoms with van der Waals surface area (Å²) >= 11 is 2.01. The first-order valence-electron chi connectivity index (χ1n) is 4.41. The van der Waals surface area contributed by atoms with Crippen molar-refractivity contribution in [3.05, 3.63) is 0 Å². The molecule has 10 heavy (non-hydrogen) atoms. The second-order valence-electron chi connectivity index (χ2n) is 2.20. The molecule has 0 nitrogen and oxygen atoms in total. The van der Waals surface area contributed by atoms with Gasteiger partial charge in [-0.25, -0.2) is 0 Å². The molecule has 64 valence electrons. The van der Waals surface area contributed by atoms with Crippen molar-refractivity contribution in [2.45, 2.75) is 47.0 Å². The highest BCUT2D eigenvalue weighted by molar-refractivity contribution is 7.99. The van der Waals surface area contributed by atoms with Gasteiger partial charge in [-0.1, -0.05) is 40.5 Å². The quantitative estimate of drug-likeness (QED) is 0.564. The average molecular weight is 162 g/mol. The highest BCUT2D eigenvalue weighted by Gasteiger charge is 1.74. The molecule has 0 heterocycles. The van der Waals surface area contributed by atoms with Gasteiger partial charge in [0.2, 0.25) is 0 Å². The third kappa shape index (κ3) is 23.8. The molecule has 0 aromatic heterocycles. The van der Waals surface area contributed by atoms with Crippen LogP contribution in [-0.4, -0.2) is 11.5 Å². The maximum atomic E-state index is 2.21. The molecule has 1 heteroatoms. The fourth-order valence-electron chi connectivity index (χ4n) is 0.289. The zero-order valence-electron chi connectivity index (χ0n) is 7.94. The predicted octanol–water partition coefficient (Wildman–Crippen LogP) is 3.96. The van der Waals surface area contributed by atoms with Crippen LogP contribution >= 0.6 is 11.8 Å². The number of unbranched alkanes of at least 4 members (excludes halogenated alkanes) is 1. The minimum atomic E-state index is 1.27. The van der Waals surface area contributed by atoms with Gasteiger partial charge in [-0.3, -0.25) is 0 Å². The second kappa shape index (κ2) is 16.2. The molecule has 0 aliphatic heterocycles. The highest BCUT2D eigenvalue weighted by Crippen LogP contribution is 1.98. The standard InChI is InChI=1S/C5H12S.C4H10/c1-3-5-6-4-2;1-3-4-2/h3-5H2,1-2H3;3-4H2,1-2H3. The summed E-state index contributed by atoms with van der Waals surface area (Å²) in [4.78, 5) is 0. The average Bonchev–Trinajstić information content (AvgIpc) is 2.01. The molecule has 0 bridgehead atoms. The van der Waals surface area contributed by atoms with Gasteiger partial charge in [-0.05, 0) is 17.9 Å². The van der Waals surface area contributed by atoms with Crippen molar-refractivity contribution >= 4 is 11.8 Å². The van der Waals surface area contributed by atoms with Crippen molar-refractivity contribution < 1.29 is 0 Å². The summed E-state index contributed by atoms with van der Waals surface area (Å²) in [5.41, 5.74) is 0.